The largest absolute Gasteiger partial charge is 0.351 e. The molecule has 0 radical (unpaired) electrons. The molecule has 1 N–H and O–H groups in total. The Labute approximate surface area is 179 Å². The van der Waals surface area contributed by atoms with E-state index >= 15 is 0 Å². The van der Waals surface area contributed by atoms with Gasteiger partial charge >= 0.3 is 0 Å². The summed E-state index contributed by atoms with van der Waals surface area (Å²) in [6.07, 6.45) is 2.96. The molecule has 7 heteroatoms. The number of rotatable bonds is 5. The van der Waals surface area contributed by atoms with Crippen molar-refractivity contribution in [2.24, 2.45) is 12.0 Å². The van der Waals surface area contributed by atoms with Crippen LogP contribution in [0.2, 0.25) is 0 Å². The van der Waals surface area contributed by atoms with E-state index in [-0.39, 0.29) is 24.0 Å². The maximum Gasteiger partial charge on any atom is 0.194 e. The van der Waals surface area contributed by atoms with E-state index in [1.54, 1.807) is 0 Å². The molecule has 2 heterocycles. The minimum Gasteiger partial charge on any atom is -0.351 e. The molecule has 1 aromatic heterocycles. The highest BCUT2D eigenvalue weighted by Gasteiger charge is 2.25. The number of hydrogen-bond donors (Lipinski definition) is 1. The zero-order valence-corrected chi connectivity index (χ0v) is 18.8. The van der Waals surface area contributed by atoms with Crippen molar-refractivity contribution in [3.63, 3.8) is 0 Å². The van der Waals surface area contributed by atoms with Gasteiger partial charge in [0.05, 0.1) is 12.2 Å². The Balaban J connectivity index is 0.00000261. The van der Waals surface area contributed by atoms with Crippen molar-refractivity contribution in [2.75, 3.05) is 33.2 Å². The van der Waals surface area contributed by atoms with Gasteiger partial charge in [0.2, 0.25) is 0 Å². The molecule has 0 saturated carbocycles. The molecule has 6 nitrogen and oxygen atoms in total. The molecule has 0 spiro atoms. The van der Waals surface area contributed by atoms with Crippen LogP contribution in [0.5, 0.6) is 0 Å². The van der Waals surface area contributed by atoms with Crippen LogP contribution in [-0.2, 0) is 13.6 Å². The molecule has 1 saturated heterocycles. The molecule has 1 unspecified atom stereocenters. The Kier molecular flexibility index (Phi) is 8.56. The first-order valence-corrected chi connectivity index (χ1v) is 9.44. The van der Waals surface area contributed by atoms with E-state index in [2.05, 4.69) is 62.5 Å². The predicted molar refractivity (Wildman–Crippen MR) is 121 cm³/mol. The Morgan fingerprint density at radius 1 is 1.15 bits per heavy atom. The Morgan fingerprint density at radius 2 is 1.85 bits per heavy atom. The van der Waals surface area contributed by atoms with Crippen LogP contribution >= 0.6 is 24.0 Å². The van der Waals surface area contributed by atoms with Gasteiger partial charge in [-0.05, 0) is 18.1 Å². The van der Waals surface area contributed by atoms with Crippen molar-refractivity contribution in [3.8, 4) is 0 Å². The number of aryl methyl sites for hydroxylation is 1. The van der Waals surface area contributed by atoms with E-state index in [4.69, 9.17) is 0 Å². The van der Waals surface area contributed by atoms with Gasteiger partial charge in [-0.3, -0.25) is 14.6 Å². The van der Waals surface area contributed by atoms with Crippen LogP contribution in [0.3, 0.4) is 0 Å². The van der Waals surface area contributed by atoms with Crippen molar-refractivity contribution >= 4 is 29.9 Å². The number of halogens is 1. The van der Waals surface area contributed by atoms with E-state index < -0.39 is 0 Å². The third-order valence-corrected chi connectivity index (χ3v) is 5.19. The summed E-state index contributed by atoms with van der Waals surface area (Å²) >= 11 is 0. The Hall–Kier alpha value is -1.61. The Bertz CT molecular complexity index is 706. The van der Waals surface area contributed by atoms with Crippen molar-refractivity contribution in [1.82, 2.24) is 24.9 Å². The van der Waals surface area contributed by atoms with Crippen LogP contribution in [0.25, 0.3) is 0 Å². The number of aromatic nitrogens is 2. The van der Waals surface area contributed by atoms with Crippen molar-refractivity contribution in [3.05, 3.63) is 53.9 Å². The molecule has 1 fully saturated rings. The molecular formula is C20H31IN6. The first-order valence-electron chi connectivity index (χ1n) is 9.44. The van der Waals surface area contributed by atoms with Gasteiger partial charge < -0.3 is 10.2 Å². The summed E-state index contributed by atoms with van der Waals surface area (Å²) in [6, 6.07) is 13.4. The number of guanidine groups is 1. The molecular weight excluding hydrogens is 451 g/mol. The van der Waals surface area contributed by atoms with Crippen molar-refractivity contribution in [1.29, 1.82) is 0 Å². The molecule has 148 valence electrons. The van der Waals surface area contributed by atoms with Gasteiger partial charge in [-0.2, -0.15) is 5.10 Å². The van der Waals surface area contributed by atoms with E-state index in [0.717, 1.165) is 50.8 Å². The minimum atomic E-state index is 0. The van der Waals surface area contributed by atoms with E-state index in [9.17, 15) is 0 Å². The number of benzene rings is 1. The average Bonchev–Trinajstić information content (AvgIpc) is 3.10. The smallest absolute Gasteiger partial charge is 0.194 e. The third kappa shape index (κ3) is 5.44. The summed E-state index contributed by atoms with van der Waals surface area (Å²) < 4.78 is 1.89. The monoisotopic (exact) mass is 482 g/mol. The quantitative estimate of drug-likeness (QED) is 0.405. The second-order valence-corrected chi connectivity index (χ2v) is 6.70. The first-order chi connectivity index (χ1) is 12.7. The highest BCUT2D eigenvalue weighted by molar-refractivity contribution is 14.0. The normalized spacial score (nSPS) is 16.7. The lowest BCUT2D eigenvalue weighted by Gasteiger charge is -2.40. The van der Waals surface area contributed by atoms with Crippen LogP contribution in [0.15, 0.2) is 47.6 Å². The van der Waals surface area contributed by atoms with E-state index in [0.29, 0.717) is 6.04 Å². The fraction of sp³-hybridized carbons (Fsp3) is 0.500. The van der Waals surface area contributed by atoms with Crippen LogP contribution in [-0.4, -0.2) is 58.8 Å². The predicted octanol–water partition coefficient (Wildman–Crippen LogP) is 2.88. The molecule has 1 aliphatic rings. The molecule has 27 heavy (non-hydrogen) atoms. The lowest BCUT2D eigenvalue weighted by atomic mass is 10.0. The maximum atomic E-state index is 4.47. The fourth-order valence-corrected chi connectivity index (χ4v) is 3.70. The molecule has 1 aromatic carbocycles. The summed E-state index contributed by atoms with van der Waals surface area (Å²) in [5.74, 6) is 0.971. The molecule has 0 bridgehead atoms. The van der Waals surface area contributed by atoms with Gasteiger partial charge in [0, 0.05) is 52.5 Å². The Morgan fingerprint density at radius 3 is 2.41 bits per heavy atom. The lowest BCUT2D eigenvalue weighted by molar-refractivity contribution is 0.127. The number of nitrogens with one attached hydrogen (secondary N) is 1. The third-order valence-electron chi connectivity index (χ3n) is 5.19. The van der Waals surface area contributed by atoms with Gasteiger partial charge in [0.25, 0.3) is 0 Å². The van der Waals surface area contributed by atoms with Gasteiger partial charge in [-0.15, -0.1) is 24.0 Å². The second-order valence-electron chi connectivity index (χ2n) is 6.70. The summed E-state index contributed by atoms with van der Waals surface area (Å²) in [5.41, 5.74) is 2.57. The van der Waals surface area contributed by atoms with E-state index in [1.807, 2.05) is 31.0 Å². The summed E-state index contributed by atoms with van der Waals surface area (Å²) in [4.78, 5) is 9.42. The summed E-state index contributed by atoms with van der Waals surface area (Å²) in [5, 5.41) is 7.69. The van der Waals surface area contributed by atoms with Crippen molar-refractivity contribution in [2.45, 2.75) is 25.9 Å². The number of nitrogens with zero attached hydrogens (tertiary/aromatic N) is 5. The topological polar surface area (TPSA) is 48.7 Å². The molecule has 0 amide bonds. The lowest BCUT2D eigenvalue weighted by Crippen LogP contribution is -2.53. The van der Waals surface area contributed by atoms with Gasteiger partial charge in [0.1, 0.15) is 0 Å². The number of piperazine rings is 1. The number of hydrogen-bond acceptors (Lipinski definition) is 3. The highest BCUT2D eigenvalue weighted by Crippen LogP contribution is 2.25. The first kappa shape index (κ1) is 21.7. The minimum absolute atomic E-state index is 0. The number of aliphatic imine (C=N–C) groups is 1. The van der Waals surface area contributed by atoms with E-state index in [1.165, 1.54) is 5.56 Å². The summed E-state index contributed by atoms with van der Waals surface area (Å²) in [6.45, 7) is 7.12. The molecule has 0 aliphatic carbocycles. The van der Waals surface area contributed by atoms with Gasteiger partial charge in [-0.1, -0.05) is 37.3 Å². The second kappa shape index (κ2) is 10.7. The standard InChI is InChI=1S/C20H30N6.HI/c1-4-19(17-8-6-5-7-9-17)25-12-14-26(15-13-25)20(21-2)22-16-18-10-11-23-24(18)3;/h5-11,19H,4,12-16H2,1-3H3,(H,21,22);1H. The fourth-order valence-electron chi connectivity index (χ4n) is 3.70. The van der Waals surface area contributed by atoms with Crippen molar-refractivity contribution < 1.29 is 0 Å². The van der Waals surface area contributed by atoms with Gasteiger partial charge in [0.15, 0.2) is 5.96 Å². The SMILES string of the molecule is CCC(c1ccccc1)N1CCN(C(=NC)NCc2ccnn2C)CC1.I. The van der Waals surface area contributed by atoms with Gasteiger partial charge in [-0.25, -0.2) is 0 Å². The zero-order chi connectivity index (χ0) is 18.4. The van der Waals surface area contributed by atoms with Crippen LogP contribution in [0.1, 0.15) is 30.6 Å². The maximum absolute atomic E-state index is 4.47. The highest BCUT2D eigenvalue weighted by atomic mass is 127. The molecule has 3 rings (SSSR count). The molecule has 2 aromatic rings. The summed E-state index contributed by atoms with van der Waals surface area (Å²) in [7, 11) is 3.82. The molecule has 1 aliphatic heterocycles. The molecule has 1 atom stereocenters. The van der Waals surface area contributed by atoms with Crippen LogP contribution in [0.4, 0.5) is 0 Å². The average molecular weight is 482 g/mol. The van der Waals surface area contributed by atoms with Crippen LogP contribution in [0, 0.1) is 0 Å². The van der Waals surface area contributed by atoms with Crippen LogP contribution < -0.4 is 5.32 Å². The zero-order valence-electron chi connectivity index (χ0n) is 16.5.